The van der Waals surface area contributed by atoms with Crippen molar-refractivity contribution in [3.8, 4) is 0 Å². The van der Waals surface area contributed by atoms with Crippen molar-refractivity contribution in [2.75, 3.05) is 13.2 Å². The van der Waals surface area contributed by atoms with Crippen molar-refractivity contribution in [1.29, 1.82) is 0 Å². The molecule has 1 aromatic carbocycles. The zero-order valence-electron chi connectivity index (χ0n) is 9.45. The molecular weight excluding hydrogens is 186 g/mol. The van der Waals surface area contributed by atoms with Crippen LogP contribution in [0.1, 0.15) is 37.8 Å². The summed E-state index contributed by atoms with van der Waals surface area (Å²) in [6.45, 7) is 3.35. The second kappa shape index (κ2) is 7.43. The van der Waals surface area contributed by atoms with E-state index in [2.05, 4.69) is 36.5 Å². The van der Waals surface area contributed by atoms with E-state index < -0.39 is 0 Å². The lowest BCUT2D eigenvalue weighted by Crippen LogP contribution is -2.22. The van der Waals surface area contributed by atoms with E-state index in [4.69, 9.17) is 5.11 Å². The van der Waals surface area contributed by atoms with Crippen LogP contribution in [0.2, 0.25) is 0 Å². The summed E-state index contributed by atoms with van der Waals surface area (Å²) < 4.78 is 0. The van der Waals surface area contributed by atoms with Gasteiger partial charge in [-0.15, -0.1) is 0 Å². The topological polar surface area (TPSA) is 32.3 Å². The average Bonchev–Trinajstić information content (AvgIpc) is 2.29. The molecule has 0 fully saturated rings. The lowest BCUT2D eigenvalue weighted by atomic mass is 10.0. The number of aliphatic hydroxyl groups is 1. The maximum Gasteiger partial charge on any atom is 0.0443 e. The SMILES string of the molecule is CCCC(NCCCO)c1ccccc1. The van der Waals surface area contributed by atoms with Crippen molar-refractivity contribution in [3.63, 3.8) is 0 Å². The summed E-state index contributed by atoms with van der Waals surface area (Å²) >= 11 is 0. The quantitative estimate of drug-likeness (QED) is 0.673. The average molecular weight is 207 g/mol. The minimum Gasteiger partial charge on any atom is -0.396 e. The Kier molecular flexibility index (Phi) is 6.05. The van der Waals surface area contributed by atoms with Crippen LogP contribution in [-0.4, -0.2) is 18.3 Å². The highest BCUT2D eigenvalue weighted by Gasteiger charge is 2.08. The Labute approximate surface area is 92.3 Å². The van der Waals surface area contributed by atoms with Gasteiger partial charge in [-0.2, -0.15) is 0 Å². The van der Waals surface area contributed by atoms with E-state index in [1.807, 2.05) is 6.07 Å². The molecule has 0 spiro atoms. The highest BCUT2D eigenvalue weighted by atomic mass is 16.3. The molecule has 0 bridgehead atoms. The van der Waals surface area contributed by atoms with E-state index >= 15 is 0 Å². The molecule has 1 rings (SSSR count). The fraction of sp³-hybridized carbons (Fsp3) is 0.538. The van der Waals surface area contributed by atoms with E-state index in [-0.39, 0.29) is 6.61 Å². The van der Waals surface area contributed by atoms with E-state index in [0.29, 0.717) is 6.04 Å². The molecule has 2 heteroatoms. The molecule has 2 N–H and O–H groups in total. The molecule has 0 saturated heterocycles. The predicted molar refractivity (Wildman–Crippen MR) is 63.8 cm³/mol. The number of benzene rings is 1. The molecule has 15 heavy (non-hydrogen) atoms. The van der Waals surface area contributed by atoms with Crippen molar-refractivity contribution in [3.05, 3.63) is 35.9 Å². The van der Waals surface area contributed by atoms with Gasteiger partial charge in [0.25, 0.3) is 0 Å². The Morgan fingerprint density at radius 3 is 2.60 bits per heavy atom. The standard InChI is InChI=1S/C13H21NO/c1-2-7-13(14-10-6-11-15)12-8-4-3-5-9-12/h3-5,8-9,13-15H,2,6-7,10-11H2,1H3. The Morgan fingerprint density at radius 1 is 1.27 bits per heavy atom. The van der Waals surface area contributed by atoms with Gasteiger partial charge in [0.05, 0.1) is 0 Å². The second-order valence-electron chi connectivity index (χ2n) is 3.78. The van der Waals surface area contributed by atoms with Crippen LogP contribution >= 0.6 is 0 Å². The highest BCUT2D eigenvalue weighted by Crippen LogP contribution is 2.17. The first-order valence-corrected chi connectivity index (χ1v) is 5.77. The number of hydrogen-bond acceptors (Lipinski definition) is 2. The minimum atomic E-state index is 0.265. The molecule has 1 aromatic rings. The summed E-state index contributed by atoms with van der Waals surface area (Å²) in [5, 5.41) is 12.2. The third kappa shape index (κ3) is 4.45. The Hall–Kier alpha value is -0.860. The van der Waals surface area contributed by atoms with Crippen LogP contribution in [0.4, 0.5) is 0 Å². The molecule has 1 unspecified atom stereocenters. The second-order valence-corrected chi connectivity index (χ2v) is 3.78. The molecule has 0 aliphatic heterocycles. The fourth-order valence-corrected chi connectivity index (χ4v) is 1.72. The fourth-order valence-electron chi connectivity index (χ4n) is 1.72. The molecule has 2 nitrogen and oxygen atoms in total. The number of aliphatic hydroxyl groups excluding tert-OH is 1. The summed E-state index contributed by atoms with van der Waals surface area (Å²) in [6, 6.07) is 10.9. The van der Waals surface area contributed by atoms with E-state index in [0.717, 1.165) is 19.4 Å². The maximum absolute atomic E-state index is 8.74. The van der Waals surface area contributed by atoms with Gasteiger partial charge < -0.3 is 10.4 Å². The van der Waals surface area contributed by atoms with Gasteiger partial charge in [0.15, 0.2) is 0 Å². The first-order valence-electron chi connectivity index (χ1n) is 5.77. The van der Waals surface area contributed by atoms with E-state index in [1.54, 1.807) is 0 Å². The van der Waals surface area contributed by atoms with Crippen LogP contribution in [0, 0.1) is 0 Å². The number of hydrogen-bond donors (Lipinski definition) is 2. The summed E-state index contributed by atoms with van der Waals surface area (Å²) in [6.07, 6.45) is 3.15. The van der Waals surface area contributed by atoms with E-state index in [1.165, 1.54) is 12.0 Å². The van der Waals surface area contributed by atoms with Gasteiger partial charge in [-0.25, -0.2) is 0 Å². The smallest absolute Gasteiger partial charge is 0.0443 e. The predicted octanol–water partition coefficient (Wildman–Crippen LogP) is 2.50. The zero-order valence-corrected chi connectivity index (χ0v) is 9.45. The summed E-state index contributed by atoms with van der Waals surface area (Å²) in [5.41, 5.74) is 1.34. The molecule has 0 aliphatic carbocycles. The van der Waals surface area contributed by atoms with Crippen LogP contribution in [0.25, 0.3) is 0 Å². The lowest BCUT2D eigenvalue weighted by Gasteiger charge is -2.18. The van der Waals surface area contributed by atoms with Crippen molar-refractivity contribution in [2.24, 2.45) is 0 Å². The number of nitrogens with one attached hydrogen (secondary N) is 1. The van der Waals surface area contributed by atoms with Crippen LogP contribution in [0.5, 0.6) is 0 Å². The van der Waals surface area contributed by atoms with Gasteiger partial charge in [0, 0.05) is 12.6 Å². The van der Waals surface area contributed by atoms with Gasteiger partial charge in [0.2, 0.25) is 0 Å². The molecule has 0 saturated carbocycles. The molecule has 0 heterocycles. The largest absolute Gasteiger partial charge is 0.396 e. The van der Waals surface area contributed by atoms with Crippen LogP contribution < -0.4 is 5.32 Å². The lowest BCUT2D eigenvalue weighted by molar-refractivity contribution is 0.282. The molecule has 0 aliphatic rings. The molecule has 1 atom stereocenters. The third-order valence-electron chi connectivity index (χ3n) is 2.50. The van der Waals surface area contributed by atoms with Gasteiger partial charge in [-0.05, 0) is 24.9 Å². The van der Waals surface area contributed by atoms with Gasteiger partial charge in [0.1, 0.15) is 0 Å². The summed E-state index contributed by atoms with van der Waals surface area (Å²) in [5.74, 6) is 0. The van der Waals surface area contributed by atoms with Gasteiger partial charge in [-0.3, -0.25) is 0 Å². The first-order chi connectivity index (χ1) is 7.38. The Morgan fingerprint density at radius 2 is 2.00 bits per heavy atom. The molecule has 0 radical (unpaired) electrons. The Bertz CT molecular complexity index is 248. The van der Waals surface area contributed by atoms with E-state index in [9.17, 15) is 0 Å². The van der Waals surface area contributed by atoms with Crippen molar-refractivity contribution < 1.29 is 5.11 Å². The molecule has 0 amide bonds. The van der Waals surface area contributed by atoms with Crippen molar-refractivity contribution in [1.82, 2.24) is 5.32 Å². The first kappa shape index (κ1) is 12.2. The number of rotatable bonds is 7. The normalized spacial score (nSPS) is 12.7. The van der Waals surface area contributed by atoms with Crippen molar-refractivity contribution >= 4 is 0 Å². The minimum absolute atomic E-state index is 0.265. The summed E-state index contributed by atoms with van der Waals surface area (Å²) in [4.78, 5) is 0. The maximum atomic E-state index is 8.74. The zero-order chi connectivity index (χ0) is 10.9. The third-order valence-corrected chi connectivity index (χ3v) is 2.50. The molecular formula is C13H21NO. The van der Waals surface area contributed by atoms with Crippen molar-refractivity contribution in [2.45, 2.75) is 32.2 Å². The van der Waals surface area contributed by atoms with Crippen LogP contribution in [0.15, 0.2) is 30.3 Å². The van der Waals surface area contributed by atoms with Crippen LogP contribution in [0.3, 0.4) is 0 Å². The Balaban J connectivity index is 2.50. The molecule has 0 aromatic heterocycles. The van der Waals surface area contributed by atoms with Gasteiger partial charge >= 0.3 is 0 Å². The van der Waals surface area contributed by atoms with Crippen LogP contribution in [-0.2, 0) is 0 Å². The highest BCUT2D eigenvalue weighted by molar-refractivity contribution is 5.18. The molecule has 84 valence electrons. The van der Waals surface area contributed by atoms with Gasteiger partial charge in [-0.1, -0.05) is 43.7 Å². The monoisotopic (exact) mass is 207 g/mol. The summed E-state index contributed by atoms with van der Waals surface area (Å²) in [7, 11) is 0.